The third-order valence-electron chi connectivity index (χ3n) is 2.19. The number of hydrogen-bond acceptors (Lipinski definition) is 4. The highest BCUT2D eigenvalue weighted by molar-refractivity contribution is 5.83. The van der Waals surface area contributed by atoms with Gasteiger partial charge in [-0.3, -0.25) is 0 Å². The molecule has 2 aromatic rings. The smallest absolute Gasteiger partial charge is 0.375 e. The van der Waals surface area contributed by atoms with Gasteiger partial charge in [-0.2, -0.15) is 4.98 Å². The molecule has 6 heteroatoms. The molecule has 0 amide bonds. The Hall–Kier alpha value is -2.37. The van der Waals surface area contributed by atoms with Gasteiger partial charge in [-0.25, -0.2) is 9.48 Å². The summed E-state index contributed by atoms with van der Waals surface area (Å²) in [6.45, 7) is 0.421. The van der Waals surface area contributed by atoms with Crippen LogP contribution in [0, 0.1) is 0 Å². The monoisotopic (exact) mass is 233 g/mol. The fourth-order valence-electron chi connectivity index (χ4n) is 1.43. The minimum absolute atomic E-state index is 0.186. The molecule has 0 unspecified atom stereocenters. The zero-order valence-corrected chi connectivity index (χ0v) is 9.20. The molecule has 0 spiro atoms. The zero-order valence-electron chi connectivity index (χ0n) is 9.20. The first-order valence-corrected chi connectivity index (χ1v) is 4.96. The summed E-state index contributed by atoms with van der Waals surface area (Å²) < 4.78 is 6.39. The van der Waals surface area contributed by atoms with Gasteiger partial charge in [0.25, 0.3) is 5.82 Å². The van der Waals surface area contributed by atoms with Gasteiger partial charge in [0.15, 0.2) is 0 Å². The molecule has 0 saturated heterocycles. The lowest BCUT2D eigenvalue weighted by atomic mass is 10.2. The second-order valence-electron chi connectivity index (χ2n) is 3.37. The molecule has 0 aliphatic rings. The van der Waals surface area contributed by atoms with Crippen LogP contribution in [0.1, 0.15) is 16.2 Å². The molecule has 0 bridgehead atoms. The van der Waals surface area contributed by atoms with Crippen LogP contribution in [0.5, 0.6) is 6.01 Å². The normalized spacial score (nSPS) is 10.2. The zero-order chi connectivity index (χ0) is 12.3. The molecular weight excluding hydrogens is 222 g/mol. The lowest BCUT2D eigenvalue weighted by molar-refractivity contribution is 0.0683. The molecule has 2 rings (SSSR count). The Bertz CT molecular complexity index is 522. The minimum Gasteiger partial charge on any atom is -0.475 e. The molecule has 0 fully saturated rings. The van der Waals surface area contributed by atoms with Gasteiger partial charge in [0.05, 0.1) is 13.7 Å². The molecule has 1 aromatic carbocycles. The Morgan fingerprint density at radius 1 is 1.41 bits per heavy atom. The molecule has 0 aliphatic carbocycles. The number of ether oxygens (including phenoxy) is 1. The van der Waals surface area contributed by atoms with Crippen molar-refractivity contribution < 1.29 is 14.6 Å². The van der Waals surface area contributed by atoms with Crippen molar-refractivity contribution in [3.63, 3.8) is 0 Å². The number of hydrogen-bond donors (Lipinski definition) is 1. The van der Waals surface area contributed by atoms with Gasteiger partial charge in [0.2, 0.25) is 0 Å². The van der Waals surface area contributed by atoms with Gasteiger partial charge in [-0.15, -0.1) is 5.10 Å². The minimum atomic E-state index is -1.17. The molecule has 88 valence electrons. The van der Waals surface area contributed by atoms with E-state index in [1.807, 2.05) is 30.3 Å². The number of carboxylic acid groups (broad SMARTS) is 1. The summed E-state index contributed by atoms with van der Waals surface area (Å²) in [5.41, 5.74) is 0.993. The molecule has 0 saturated carbocycles. The highest BCUT2D eigenvalue weighted by atomic mass is 16.5. The fraction of sp³-hybridized carbons (Fsp3) is 0.182. The average molecular weight is 233 g/mol. The van der Waals surface area contributed by atoms with Crippen molar-refractivity contribution in [2.24, 2.45) is 0 Å². The number of carboxylic acids is 1. The quantitative estimate of drug-likeness (QED) is 0.853. The van der Waals surface area contributed by atoms with Crippen LogP contribution in [-0.2, 0) is 6.54 Å². The molecule has 0 aliphatic heterocycles. The van der Waals surface area contributed by atoms with Crippen LogP contribution < -0.4 is 4.74 Å². The van der Waals surface area contributed by atoms with E-state index in [2.05, 4.69) is 10.1 Å². The van der Waals surface area contributed by atoms with Crippen LogP contribution in [0.3, 0.4) is 0 Å². The van der Waals surface area contributed by atoms with Crippen LogP contribution in [0.4, 0.5) is 0 Å². The number of rotatable bonds is 4. The van der Waals surface area contributed by atoms with Crippen molar-refractivity contribution in [1.29, 1.82) is 0 Å². The summed E-state index contributed by atoms with van der Waals surface area (Å²) in [7, 11) is 1.43. The van der Waals surface area contributed by atoms with Gasteiger partial charge >= 0.3 is 12.0 Å². The highest BCUT2D eigenvalue weighted by Crippen LogP contribution is 2.10. The predicted molar refractivity (Wildman–Crippen MR) is 59.1 cm³/mol. The Morgan fingerprint density at radius 3 is 2.71 bits per heavy atom. The summed E-state index contributed by atoms with van der Waals surface area (Å²) in [6.07, 6.45) is 0. The molecule has 17 heavy (non-hydrogen) atoms. The molecule has 6 nitrogen and oxygen atoms in total. The van der Waals surface area contributed by atoms with Crippen LogP contribution in [0.2, 0.25) is 0 Å². The highest BCUT2D eigenvalue weighted by Gasteiger charge is 2.15. The number of aromatic nitrogens is 3. The van der Waals surface area contributed by atoms with Crippen LogP contribution in [0.15, 0.2) is 30.3 Å². The van der Waals surface area contributed by atoms with E-state index in [4.69, 9.17) is 9.84 Å². The third kappa shape index (κ3) is 2.41. The number of benzene rings is 1. The topological polar surface area (TPSA) is 77.2 Å². The standard InChI is InChI=1S/C11H11N3O3/c1-17-11-12-9(10(15)16)13-14(11)7-8-5-3-2-4-6-8/h2-6H,7H2,1H3,(H,15,16). The number of nitrogens with zero attached hydrogens (tertiary/aromatic N) is 3. The van der Waals surface area contributed by atoms with E-state index in [1.165, 1.54) is 11.8 Å². The Labute approximate surface area is 97.5 Å². The van der Waals surface area contributed by atoms with E-state index in [0.717, 1.165) is 5.56 Å². The van der Waals surface area contributed by atoms with E-state index in [1.54, 1.807) is 0 Å². The second-order valence-corrected chi connectivity index (χ2v) is 3.37. The maximum atomic E-state index is 10.7. The second kappa shape index (κ2) is 4.65. The SMILES string of the molecule is COc1nc(C(=O)O)nn1Cc1ccccc1. The van der Waals surface area contributed by atoms with Crippen molar-refractivity contribution in [3.8, 4) is 6.01 Å². The summed E-state index contributed by atoms with van der Waals surface area (Å²) in [4.78, 5) is 14.5. The van der Waals surface area contributed by atoms with Gasteiger partial charge < -0.3 is 9.84 Å². The Kier molecular flexibility index (Phi) is 3.04. The third-order valence-corrected chi connectivity index (χ3v) is 2.19. The number of methoxy groups -OCH3 is 1. The molecule has 1 N–H and O–H groups in total. The van der Waals surface area contributed by atoms with Gasteiger partial charge in [0, 0.05) is 0 Å². The average Bonchev–Trinajstić information content (AvgIpc) is 2.74. The van der Waals surface area contributed by atoms with Crippen LogP contribution in [-0.4, -0.2) is 33.0 Å². The van der Waals surface area contributed by atoms with E-state index >= 15 is 0 Å². The maximum absolute atomic E-state index is 10.7. The van der Waals surface area contributed by atoms with E-state index in [-0.39, 0.29) is 11.8 Å². The van der Waals surface area contributed by atoms with Crippen LogP contribution in [0.25, 0.3) is 0 Å². The van der Waals surface area contributed by atoms with Crippen molar-refractivity contribution >= 4 is 5.97 Å². The first-order chi connectivity index (χ1) is 8.20. The molecule has 0 atom stereocenters. The fourth-order valence-corrected chi connectivity index (χ4v) is 1.43. The number of carbonyl (C=O) groups is 1. The first-order valence-electron chi connectivity index (χ1n) is 4.96. The summed E-state index contributed by atoms with van der Waals surface area (Å²) in [5, 5.41) is 12.6. The van der Waals surface area contributed by atoms with Crippen molar-refractivity contribution in [1.82, 2.24) is 14.8 Å². The lowest BCUT2D eigenvalue weighted by Gasteiger charge is -2.03. The van der Waals surface area contributed by atoms with Gasteiger partial charge in [-0.05, 0) is 5.56 Å². The van der Waals surface area contributed by atoms with E-state index in [0.29, 0.717) is 6.54 Å². The van der Waals surface area contributed by atoms with Crippen LogP contribution >= 0.6 is 0 Å². The van der Waals surface area contributed by atoms with Gasteiger partial charge in [-0.1, -0.05) is 30.3 Å². The molecule has 1 aromatic heterocycles. The lowest BCUT2D eigenvalue weighted by Crippen LogP contribution is -2.05. The Balaban J connectivity index is 2.29. The van der Waals surface area contributed by atoms with Crippen molar-refractivity contribution in [2.75, 3.05) is 7.11 Å². The predicted octanol–water partition coefficient (Wildman–Crippen LogP) is 1.03. The van der Waals surface area contributed by atoms with Gasteiger partial charge in [0.1, 0.15) is 0 Å². The summed E-state index contributed by atoms with van der Waals surface area (Å²) in [5.74, 6) is -1.44. The summed E-state index contributed by atoms with van der Waals surface area (Å²) in [6, 6.07) is 9.73. The maximum Gasteiger partial charge on any atom is 0.375 e. The van der Waals surface area contributed by atoms with E-state index in [9.17, 15) is 4.79 Å². The Morgan fingerprint density at radius 2 is 2.12 bits per heavy atom. The first kappa shape index (κ1) is 11.1. The van der Waals surface area contributed by atoms with Crippen molar-refractivity contribution in [3.05, 3.63) is 41.7 Å². The number of aromatic carboxylic acids is 1. The van der Waals surface area contributed by atoms with E-state index < -0.39 is 5.97 Å². The molecule has 1 heterocycles. The van der Waals surface area contributed by atoms with Crippen molar-refractivity contribution in [2.45, 2.75) is 6.54 Å². The summed E-state index contributed by atoms with van der Waals surface area (Å²) >= 11 is 0. The molecular formula is C11H11N3O3. The molecule has 0 radical (unpaired) electrons. The largest absolute Gasteiger partial charge is 0.475 e.